The highest BCUT2D eigenvalue weighted by Gasteiger charge is 2.08. The Balaban J connectivity index is 2.80. The minimum Gasteiger partial charge on any atom is -0.390 e. The van der Waals surface area contributed by atoms with Crippen molar-refractivity contribution in [3.63, 3.8) is 0 Å². The predicted molar refractivity (Wildman–Crippen MR) is 61.6 cm³/mol. The number of carbonyl (C=O) groups is 2. The molecule has 0 unspecified atom stereocenters. The number of hydrogen-bond acceptors (Lipinski definition) is 3. The lowest BCUT2D eigenvalue weighted by molar-refractivity contribution is -0.155. The van der Waals surface area contributed by atoms with Crippen LogP contribution < -0.4 is 0 Å². The third-order valence-corrected chi connectivity index (χ3v) is 2.02. The van der Waals surface area contributed by atoms with E-state index >= 15 is 0 Å². The van der Waals surface area contributed by atoms with Gasteiger partial charge < -0.3 is 4.74 Å². The molecule has 0 aliphatic rings. The highest BCUT2D eigenvalue weighted by molar-refractivity contribution is 5.98. The van der Waals surface area contributed by atoms with Gasteiger partial charge in [-0.3, -0.25) is 4.79 Å². The molecule has 1 rings (SSSR count). The van der Waals surface area contributed by atoms with E-state index in [1.54, 1.807) is 13.0 Å². The van der Waals surface area contributed by atoms with Crippen LogP contribution in [0.15, 0.2) is 29.8 Å². The molecule has 0 saturated heterocycles. The average Bonchev–Trinajstić information content (AvgIpc) is 2.20. The summed E-state index contributed by atoms with van der Waals surface area (Å²) in [6.45, 7) is 4.81. The van der Waals surface area contributed by atoms with E-state index in [1.807, 2.05) is 31.2 Å². The topological polar surface area (TPSA) is 43.4 Å². The summed E-state index contributed by atoms with van der Waals surface area (Å²) in [5.74, 6) is -1.20. The molecule has 0 fully saturated rings. The summed E-state index contributed by atoms with van der Waals surface area (Å²) >= 11 is 0. The summed E-state index contributed by atoms with van der Waals surface area (Å²) in [5.41, 5.74) is 2.46. The maximum absolute atomic E-state index is 11.3. The molecule has 3 heteroatoms. The lowest BCUT2D eigenvalue weighted by Gasteiger charge is -2.00. The monoisotopic (exact) mass is 218 g/mol. The zero-order chi connectivity index (χ0) is 12.1. The molecule has 3 nitrogen and oxygen atoms in total. The van der Waals surface area contributed by atoms with Crippen molar-refractivity contribution in [1.29, 1.82) is 0 Å². The Morgan fingerprint density at radius 2 is 1.69 bits per heavy atom. The second-order valence-electron chi connectivity index (χ2n) is 3.62. The third kappa shape index (κ3) is 3.69. The van der Waals surface area contributed by atoms with Gasteiger partial charge in [0.1, 0.15) is 0 Å². The summed E-state index contributed by atoms with van der Waals surface area (Å²) in [6.07, 6.45) is 1.69. The van der Waals surface area contributed by atoms with Crippen molar-refractivity contribution in [2.75, 3.05) is 0 Å². The fourth-order valence-electron chi connectivity index (χ4n) is 1.18. The standard InChI is InChI=1S/C13H14O3/c1-9-4-6-12(7-5-9)8-10(2)13(15)16-11(3)14/h4-8H,1-3H3. The zero-order valence-electron chi connectivity index (χ0n) is 9.61. The predicted octanol–water partition coefficient (Wildman–Crippen LogP) is 2.49. The van der Waals surface area contributed by atoms with E-state index in [0.717, 1.165) is 11.1 Å². The molecule has 0 aliphatic heterocycles. The Labute approximate surface area is 94.7 Å². The van der Waals surface area contributed by atoms with E-state index < -0.39 is 11.9 Å². The van der Waals surface area contributed by atoms with Crippen LogP contribution in [0.3, 0.4) is 0 Å². The largest absolute Gasteiger partial charge is 0.390 e. The van der Waals surface area contributed by atoms with Gasteiger partial charge in [-0.05, 0) is 25.5 Å². The van der Waals surface area contributed by atoms with Gasteiger partial charge in [-0.2, -0.15) is 0 Å². The van der Waals surface area contributed by atoms with Gasteiger partial charge in [0, 0.05) is 12.5 Å². The molecule has 0 N–H and O–H groups in total. The van der Waals surface area contributed by atoms with E-state index in [-0.39, 0.29) is 0 Å². The molecule has 0 amide bonds. The molecule has 0 aromatic heterocycles. The Morgan fingerprint density at radius 3 is 2.19 bits per heavy atom. The van der Waals surface area contributed by atoms with Crippen molar-refractivity contribution in [1.82, 2.24) is 0 Å². The molecule has 16 heavy (non-hydrogen) atoms. The Hall–Kier alpha value is -1.90. The quantitative estimate of drug-likeness (QED) is 0.435. The van der Waals surface area contributed by atoms with Crippen molar-refractivity contribution < 1.29 is 14.3 Å². The molecule has 0 radical (unpaired) electrons. The number of ether oxygens (including phenoxy) is 1. The van der Waals surface area contributed by atoms with Crippen LogP contribution in [0.1, 0.15) is 25.0 Å². The molecule has 0 bridgehead atoms. The molecule has 0 spiro atoms. The zero-order valence-corrected chi connectivity index (χ0v) is 9.61. The molecule has 1 aromatic rings. The van der Waals surface area contributed by atoms with Crippen LogP contribution in [0, 0.1) is 6.92 Å². The van der Waals surface area contributed by atoms with Gasteiger partial charge in [-0.25, -0.2) is 4.79 Å². The number of rotatable bonds is 2. The Bertz CT molecular complexity index is 427. The minimum atomic E-state index is -0.604. The number of esters is 2. The van der Waals surface area contributed by atoms with Crippen molar-refractivity contribution >= 4 is 18.0 Å². The molecule has 0 saturated carbocycles. The molecular formula is C13H14O3. The molecule has 1 aromatic carbocycles. The molecular weight excluding hydrogens is 204 g/mol. The van der Waals surface area contributed by atoms with E-state index in [0.29, 0.717) is 5.57 Å². The fraction of sp³-hybridized carbons (Fsp3) is 0.231. The van der Waals surface area contributed by atoms with Crippen LogP contribution in [0.25, 0.3) is 6.08 Å². The summed E-state index contributed by atoms with van der Waals surface area (Å²) < 4.78 is 4.46. The maximum atomic E-state index is 11.3. The van der Waals surface area contributed by atoms with Gasteiger partial charge in [-0.15, -0.1) is 0 Å². The molecule has 0 aliphatic carbocycles. The number of hydrogen-bond donors (Lipinski definition) is 0. The molecule has 0 heterocycles. The van der Waals surface area contributed by atoms with Crippen LogP contribution in [-0.4, -0.2) is 11.9 Å². The van der Waals surface area contributed by atoms with Crippen molar-refractivity contribution in [3.05, 3.63) is 41.0 Å². The van der Waals surface area contributed by atoms with Crippen LogP contribution in [-0.2, 0) is 14.3 Å². The first kappa shape index (κ1) is 12.2. The van der Waals surface area contributed by atoms with Gasteiger partial charge in [0.15, 0.2) is 0 Å². The Kier molecular flexibility index (Phi) is 4.00. The lowest BCUT2D eigenvalue weighted by Crippen LogP contribution is -2.09. The second kappa shape index (κ2) is 5.26. The summed E-state index contributed by atoms with van der Waals surface area (Å²) in [5, 5.41) is 0. The van der Waals surface area contributed by atoms with E-state index in [1.165, 1.54) is 6.92 Å². The first-order chi connectivity index (χ1) is 7.49. The maximum Gasteiger partial charge on any atom is 0.341 e. The van der Waals surface area contributed by atoms with E-state index in [4.69, 9.17) is 0 Å². The molecule has 84 valence electrons. The fourth-order valence-corrected chi connectivity index (χ4v) is 1.18. The Morgan fingerprint density at radius 1 is 1.12 bits per heavy atom. The van der Waals surface area contributed by atoms with Crippen LogP contribution >= 0.6 is 0 Å². The number of carbonyl (C=O) groups excluding carboxylic acids is 2. The lowest BCUT2D eigenvalue weighted by atomic mass is 10.1. The van der Waals surface area contributed by atoms with Gasteiger partial charge in [0.05, 0.1) is 0 Å². The van der Waals surface area contributed by atoms with Gasteiger partial charge in [0.25, 0.3) is 0 Å². The summed E-state index contributed by atoms with van der Waals surface area (Å²) in [4.78, 5) is 21.9. The van der Waals surface area contributed by atoms with Crippen LogP contribution in [0.5, 0.6) is 0 Å². The van der Waals surface area contributed by atoms with E-state index in [9.17, 15) is 9.59 Å². The highest BCUT2D eigenvalue weighted by Crippen LogP contribution is 2.09. The van der Waals surface area contributed by atoms with E-state index in [2.05, 4.69) is 4.74 Å². The van der Waals surface area contributed by atoms with Crippen LogP contribution in [0.4, 0.5) is 0 Å². The average molecular weight is 218 g/mol. The normalized spacial score (nSPS) is 11.1. The van der Waals surface area contributed by atoms with Crippen molar-refractivity contribution in [2.24, 2.45) is 0 Å². The third-order valence-electron chi connectivity index (χ3n) is 2.02. The number of benzene rings is 1. The van der Waals surface area contributed by atoms with Crippen molar-refractivity contribution in [3.8, 4) is 0 Å². The van der Waals surface area contributed by atoms with Crippen molar-refractivity contribution in [2.45, 2.75) is 20.8 Å². The minimum absolute atomic E-state index is 0.402. The number of aryl methyl sites for hydroxylation is 1. The van der Waals surface area contributed by atoms with Crippen LogP contribution in [0.2, 0.25) is 0 Å². The smallest absolute Gasteiger partial charge is 0.341 e. The molecule has 0 atom stereocenters. The highest BCUT2D eigenvalue weighted by atomic mass is 16.6. The summed E-state index contributed by atoms with van der Waals surface area (Å²) in [6, 6.07) is 7.71. The first-order valence-corrected chi connectivity index (χ1v) is 4.97. The SMILES string of the molecule is CC(=O)OC(=O)C(C)=Cc1ccc(C)cc1. The van der Waals surface area contributed by atoms with Gasteiger partial charge in [-0.1, -0.05) is 29.8 Å². The second-order valence-corrected chi connectivity index (χ2v) is 3.62. The van der Waals surface area contributed by atoms with Gasteiger partial charge >= 0.3 is 11.9 Å². The van der Waals surface area contributed by atoms with Gasteiger partial charge in [0.2, 0.25) is 0 Å². The first-order valence-electron chi connectivity index (χ1n) is 4.97. The summed E-state index contributed by atoms with van der Waals surface area (Å²) in [7, 11) is 0.